The molecule has 2 aromatic rings. The fraction of sp³-hybridized carbons (Fsp3) is 0.500. The first-order chi connectivity index (χ1) is 13.7. The molecule has 0 aliphatic carbocycles. The lowest BCUT2D eigenvalue weighted by Crippen LogP contribution is -2.57. The molecule has 4 rings (SSSR count). The third kappa shape index (κ3) is 3.81. The molecule has 2 aromatic heterocycles. The smallest absolute Gasteiger partial charge is 0.410 e. The van der Waals surface area contributed by atoms with Gasteiger partial charge in [0.25, 0.3) is 5.91 Å². The van der Waals surface area contributed by atoms with Crippen LogP contribution in [0.5, 0.6) is 0 Å². The van der Waals surface area contributed by atoms with Crippen LogP contribution in [0.15, 0.2) is 18.3 Å². The monoisotopic (exact) mass is 417 g/mol. The number of amides is 2. The van der Waals surface area contributed by atoms with Crippen molar-refractivity contribution in [2.24, 2.45) is 0 Å². The Morgan fingerprint density at radius 1 is 1.38 bits per heavy atom. The van der Waals surface area contributed by atoms with E-state index in [9.17, 15) is 9.59 Å². The molecule has 9 heteroatoms. The minimum atomic E-state index is -0.556. The molecule has 8 nitrogen and oxygen atoms in total. The number of fused-ring (bicyclic) bond motifs is 2. The number of nitrogens with one attached hydrogen (secondary N) is 2. The molecule has 2 aliphatic rings. The van der Waals surface area contributed by atoms with Gasteiger partial charge >= 0.3 is 6.09 Å². The molecule has 154 valence electrons. The number of likely N-dealkylation sites (tertiary alicyclic amines) is 1. The van der Waals surface area contributed by atoms with Crippen LogP contribution in [0.1, 0.15) is 49.7 Å². The Hall–Kier alpha value is -2.61. The van der Waals surface area contributed by atoms with Gasteiger partial charge in [-0.25, -0.2) is 14.8 Å². The van der Waals surface area contributed by atoms with E-state index in [2.05, 4.69) is 20.3 Å². The van der Waals surface area contributed by atoms with E-state index in [4.69, 9.17) is 16.3 Å². The highest BCUT2D eigenvalue weighted by Gasteiger charge is 2.46. The number of aromatic nitrogens is 3. The third-order valence-corrected chi connectivity index (χ3v) is 5.49. The summed E-state index contributed by atoms with van der Waals surface area (Å²) in [5.74, 6) is -0.136. The molecule has 2 aliphatic heterocycles. The van der Waals surface area contributed by atoms with E-state index < -0.39 is 11.0 Å². The topological polar surface area (TPSA) is 100 Å². The van der Waals surface area contributed by atoms with E-state index in [-0.39, 0.29) is 17.3 Å². The quantitative estimate of drug-likeness (QED) is 0.694. The molecule has 1 fully saturated rings. The van der Waals surface area contributed by atoms with Crippen LogP contribution >= 0.6 is 11.6 Å². The first-order valence-electron chi connectivity index (χ1n) is 9.65. The van der Waals surface area contributed by atoms with Gasteiger partial charge in [-0.2, -0.15) is 0 Å². The molecule has 1 atom stereocenters. The summed E-state index contributed by atoms with van der Waals surface area (Å²) in [6.07, 6.45) is 2.92. The number of carbonyl (C=O) groups excluding carboxylic acids is 2. The standard InChI is InChI=1S/C20H24ClN5O3/c1-19(2,3)29-18(28)26-8-4-6-20(11-26)10-23-16(27)12-9-14(24-15(12)20)13-5-7-22-17(21)25-13/h5,7,9,24H,4,6,8,10-11H2,1-3H3,(H,23,27). The number of nitrogens with zero attached hydrogens (tertiary/aromatic N) is 3. The van der Waals surface area contributed by atoms with E-state index >= 15 is 0 Å². The number of hydrogen-bond acceptors (Lipinski definition) is 5. The van der Waals surface area contributed by atoms with Crippen LogP contribution in [0.25, 0.3) is 11.4 Å². The lowest BCUT2D eigenvalue weighted by atomic mass is 9.74. The second kappa shape index (κ2) is 7.02. The predicted molar refractivity (Wildman–Crippen MR) is 108 cm³/mol. The Morgan fingerprint density at radius 3 is 2.90 bits per heavy atom. The summed E-state index contributed by atoms with van der Waals surface area (Å²) in [4.78, 5) is 38.5. The van der Waals surface area contributed by atoms with Crippen molar-refractivity contribution in [3.05, 3.63) is 34.9 Å². The maximum Gasteiger partial charge on any atom is 0.410 e. The van der Waals surface area contributed by atoms with Gasteiger partial charge in [0.1, 0.15) is 5.60 Å². The Kier molecular flexibility index (Phi) is 4.77. The van der Waals surface area contributed by atoms with Crippen molar-refractivity contribution < 1.29 is 14.3 Å². The second-order valence-electron chi connectivity index (χ2n) is 8.65. The van der Waals surface area contributed by atoms with Gasteiger partial charge in [-0.1, -0.05) is 0 Å². The molecule has 2 N–H and O–H groups in total. The maximum atomic E-state index is 12.7. The molecule has 1 saturated heterocycles. The number of rotatable bonds is 1. The van der Waals surface area contributed by atoms with Gasteiger partial charge in [0.05, 0.1) is 17.0 Å². The summed E-state index contributed by atoms with van der Waals surface area (Å²) in [5.41, 5.74) is 1.77. The molecule has 29 heavy (non-hydrogen) atoms. The Labute approximate surface area is 174 Å². The number of hydrogen-bond donors (Lipinski definition) is 2. The van der Waals surface area contributed by atoms with Gasteiger partial charge in [-0.3, -0.25) is 4.79 Å². The summed E-state index contributed by atoms with van der Waals surface area (Å²) >= 11 is 5.93. The molecular weight excluding hydrogens is 394 g/mol. The van der Waals surface area contributed by atoms with Crippen molar-refractivity contribution in [3.63, 3.8) is 0 Å². The molecule has 4 heterocycles. The van der Waals surface area contributed by atoms with Gasteiger partial charge in [0, 0.05) is 36.9 Å². The van der Waals surface area contributed by atoms with Gasteiger partial charge in [-0.05, 0) is 57.3 Å². The van der Waals surface area contributed by atoms with Gasteiger partial charge in [0.15, 0.2) is 0 Å². The zero-order valence-corrected chi connectivity index (χ0v) is 17.5. The van der Waals surface area contributed by atoms with Crippen LogP contribution < -0.4 is 5.32 Å². The van der Waals surface area contributed by atoms with Gasteiger partial charge in [-0.15, -0.1) is 0 Å². The van der Waals surface area contributed by atoms with E-state index in [1.54, 1.807) is 23.2 Å². The lowest BCUT2D eigenvalue weighted by molar-refractivity contribution is 0.0128. The van der Waals surface area contributed by atoms with Crippen molar-refractivity contribution in [2.75, 3.05) is 19.6 Å². The van der Waals surface area contributed by atoms with Crippen LogP contribution in [0.3, 0.4) is 0 Å². The Bertz CT molecular complexity index is 967. The summed E-state index contributed by atoms with van der Waals surface area (Å²) < 4.78 is 5.57. The minimum Gasteiger partial charge on any atom is -0.444 e. The van der Waals surface area contributed by atoms with Crippen LogP contribution in [0, 0.1) is 0 Å². The molecule has 1 spiro atoms. The largest absolute Gasteiger partial charge is 0.444 e. The number of H-pyrrole nitrogens is 1. The second-order valence-corrected chi connectivity index (χ2v) is 8.99. The highest BCUT2D eigenvalue weighted by atomic mass is 35.5. The van der Waals surface area contributed by atoms with Crippen molar-refractivity contribution in [1.29, 1.82) is 0 Å². The molecule has 2 amide bonds. The molecule has 0 bridgehead atoms. The molecular formula is C20H24ClN5O3. The zero-order chi connectivity index (χ0) is 20.8. The summed E-state index contributed by atoms with van der Waals surface area (Å²) in [6.45, 7) is 7.13. The van der Waals surface area contributed by atoms with Gasteiger partial charge < -0.3 is 19.9 Å². The van der Waals surface area contributed by atoms with Gasteiger partial charge in [0.2, 0.25) is 5.28 Å². The SMILES string of the molecule is CC(C)(C)OC(=O)N1CCCC2(CNC(=O)c3cc(-c4ccnc(Cl)n4)[nH]c32)C1. The molecule has 1 unspecified atom stereocenters. The molecule has 0 saturated carbocycles. The first-order valence-corrected chi connectivity index (χ1v) is 10.0. The number of halogens is 1. The van der Waals surface area contributed by atoms with E-state index in [1.807, 2.05) is 20.8 Å². The van der Waals surface area contributed by atoms with Crippen molar-refractivity contribution in [1.82, 2.24) is 25.2 Å². The average molecular weight is 418 g/mol. The fourth-order valence-corrected chi connectivity index (χ4v) is 4.22. The van der Waals surface area contributed by atoms with Crippen LogP contribution in [-0.2, 0) is 10.2 Å². The fourth-order valence-electron chi connectivity index (χ4n) is 4.07. The number of piperidine rings is 1. The van der Waals surface area contributed by atoms with Crippen LogP contribution in [-0.4, -0.2) is 57.1 Å². The Balaban J connectivity index is 1.68. The summed E-state index contributed by atoms with van der Waals surface area (Å²) in [5, 5.41) is 3.13. The first kappa shape index (κ1) is 19.7. The van der Waals surface area contributed by atoms with Crippen LogP contribution in [0.2, 0.25) is 5.28 Å². The molecule has 0 radical (unpaired) electrons. The normalized spacial score (nSPS) is 21.7. The van der Waals surface area contributed by atoms with Crippen molar-refractivity contribution in [3.8, 4) is 11.4 Å². The van der Waals surface area contributed by atoms with Crippen LogP contribution in [0.4, 0.5) is 4.79 Å². The highest BCUT2D eigenvalue weighted by Crippen LogP contribution is 2.39. The summed E-state index contributed by atoms with van der Waals surface area (Å²) in [7, 11) is 0. The van der Waals surface area contributed by atoms with E-state index in [1.165, 1.54) is 0 Å². The minimum absolute atomic E-state index is 0.136. The predicted octanol–water partition coefficient (Wildman–Crippen LogP) is 3.14. The highest BCUT2D eigenvalue weighted by molar-refractivity contribution is 6.28. The Morgan fingerprint density at radius 2 is 2.17 bits per heavy atom. The summed E-state index contributed by atoms with van der Waals surface area (Å²) in [6, 6.07) is 3.53. The maximum absolute atomic E-state index is 12.7. The number of carbonyl (C=O) groups is 2. The van der Waals surface area contributed by atoms with E-state index in [0.717, 1.165) is 18.5 Å². The zero-order valence-electron chi connectivity index (χ0n) is 16.7. The number of ether oxygens (including phenoxy) is 1. The lowest BCUT2D eigenvalue weighted by Gasteiger charge is -2.44. The van der Waals surface area contributed by atoms with E-state index in [0.29, 0.717) is 36.6 Å². The van der Waals surface area contributed by atoms with Crippen molar-refractivity contribution in [2.45, 2.75) is 44.6 Å². The molecule has 0 aromatic carbocycles. The number of aromatic amines is 1. The average Bonchev–Trinajstić information content (AvgIpc) is 3.11. The third-order valence-electron chi connectivity index (χ3n) is 5.31. The van der Waals surface area contributed by atoms with Crippen molar-refractivity contribution >= 4 is 23.6 Å².